The molecule has 0 spiro atoms. The quantitative estimate of drug-likeness (QED) is 0.623. The predicted molar refractivity (Wildman–Crippen MR) is 62.9 cm³/mol. The molecule has 0 aromatic carbocycles. The van der Waals surface area contributed by atoms with Crippen LogP contribution >= 0.6 is 10.5 Å². The van der Waals surface area contributed by atoms with Crippen molar-refractivity contribution in [3.63, 3.8) is 0 Å². The van der Waals surface area contributed by atoms with E-state index in [2.05, 4.69) is 12.8 Å². The number of hydrogen-bond acceptors (Lipinski definition) is 1. The molecule has 0 aromatic heterocycles. The van der Waals surface area contributed by atoms with Crippen LogP contribution in [0.4, 0.5) is 0 Å². The van der Waals surface area contributed by atoms with Gasteiger partial charge in [-0.2, -0.15) is 10.5 Å². The Labute approximate surface area is 84.8 Å². The standard InChI is InChI=1S/C11H22OS/c1-3-9-13(2)10-7-11-6-4-5-8-12-11/h11H,2-10H2,1H3. The van der Waals surface area contributed by atoms with Crippen molar-refractivity contribution in [1.29, 1.82) is 0 Å². The molecule has 78 valence electrons. The van der Waals surface area contributed by atoms with Crippen molar-refractivity contribution in [3.8, 4) is 0 Å². The average Bonchev–Trinajstić information content (AvgIpc) is 2.17. The highest BCUT2D eigenvalue weighted by Gasteiger charge is 2.13. The van der Waals surface area contributed by atoms with Crippen LogP contribution in [0.1, 0.15) is 39.0 Å². The van der Waals surface area contributed by atoms with E-state index in [1.165, 1.54) is 43.6 Å². The molecule has 0 bridgehead atoms. The minimum absolute atomic E-state index is 0.398. The van der Waals surface area contributed by atoms with Gasteiger partial charge in [-0.15, -0.1) is 0 Å². The van der Waals surface area contributed by atoms with E-state index in [0.717, 1.165) is 6.61 Å². The first-order valence-corrected chi connectivity index (χ1v) is 7.15. The van der Waals surface area contributed by atoms with Gasteiger partial charge in [-0.3, -0.25) is 0 Å². The monoisotopic (exact) mass is 202 g/mol. The second-order valence-electron chi connectivity index (χ2n) is 3.80. The van der Waals surface area contributed by atoms with Crippen LogP contribution in [0.25, 0.3) is 0 Å². The third kappa shape index (κ3) is 4.82. The molecule has 1 heterocycles. The molecule has 1 aliphatic heterocycles. The molecular weight excluding hydrogens is 180 g/mol. The minimum atomic E-state index is 0.398. The molecule has 2 heteroatoms. The summed E-state index contributed by atoms with van der Waals surface area (Å²) in [5, 5.41) is 0. The maximum absolute atomic E-state index is 5.68. The van der Waals surface area contributed by atoms with Crippen molar-refractivity contribution < 1.29 is 4.74 Å². The Kier molecular flexibility index (Phi) is 5.72. The van der Waals surface area contributed by atoms with Gasteiger partial charge in [-0.25, -0.2) is 0 Å². The van der Waals surface area contributed by atoms with Crippen LogP contribution in [0.5, 0.6) is 0 Å². The first kappa shape index (κ1) is 11.3. The second kappa shape index (κ2) is 6.61. The van der Waals surface area contributed by atoms with Gasteiger partial charge in [0.15, 0.2) is 0 Å². The zero-order valence-electron chi connectivity index (χ0n) is 8.76. The Morgan fingerprint density at radius 3 is 2.85 bits per heavy atom. The summed E-state index contributed by atoms with van der Waals surface area (Å²) >= 11 is 0. The van der Waals surface area contributed by atoms with E-state index >= 15 is 0 Å². The molecule has 0 aromatic rings. The van der Waals surface area contributed by atoms with E-state index in [1.54, 1.807) is 0 Å². The van der Waals surface area contributed by atoms with Gasteiger partial charge in [-0.1, -0.05) is 12.8 Å². The topological polar surface area (TPSA) is 9.23 Å². The maximum Gasteiger partial charge on any atom is 0.0582 e. The van der Waals surface area contributed by atoms with Crippen LogP contribution in [0.3, 0.4) is 0 Å². The van der Waals surface area contributed by atoms with E-state index in [9.17, 15) is 0 Å². The highest BCUT2D eigenvalue weighted by atomic mass is 32.2. The first-order chi connectivity index (χ1) is 6.33. The lowest BCUT2D eigenvalue weighted by Gasteiger charge is -2.22. The van der Waals surface area contributed by atoms with Gasteiger partial charge in [0.1, 0.15) is 0 Å². The van der Waals surface area contributed by atoms with Gasteiger partial charge in [-0.05, 0) is 43.6 Å². The van der Waals surface area contributed by atoms with Crippen molar-refractivity contribution in [2.45, 2.75) is 45.1 Å². The lowest BCUT2D eigenvalue weighted by atomic mass is 10.1. The highest BCUT2D eigenvalue weighted by molar-refractivity contribution is 8.14. The summed E-state index contributed by atoms with van der Waals surface area (Å²) in [6.07, 6.45) is 6.99. The van der Waals surface area contributed by atoms with Crippen LogP contribution in [0, 0.1) is 0 Å². The van der Waals surface area contributed by atoms with Crippen LogP contribution in [-0.4, -0.2) is 30.1 Å². The predicted octanol–water partition coefficient (Wildman–Crippen LogP) is 3.06. The van der Waals surface area contributed by atoms with Crippen LogP contribution in [0.2, 0.25) is 0 Å². The van der Waals surface area contributed by atoms with Gasteiger partial charge in [0, 0.05) is 6.61 Å². The SMILES string of the molecule is C=S(CCC)CCC1CCCCO1. The number of hydrogen-bond donors (Lipinski definition) is 0. The number of ether oxygens (including phenoxy) is 1. The minimum Gasteiger partial charge on any atom is -0.378 e. The smallest absolute Gasteiger partial charge is 0.0582 e. The third-order valence-corrected chi connectivity index (χ3v) is 4.29. The van der Waals surface area contributed by atoms with Crippen molar-refractivity contribution >= 4 is 16.4 Å². The largest absolute Gasteiger partial charge is 0.378 e. The molecule has 0 radical (unpaired) electrons. The zero-order valence-corrected chi connectivity index (χ0v) is 9.57. The average molecular weight is 202 g/mol. The summed E-state index contributed by atoms with van der Waals surface area (Å²) in [6.45, 7) is 3.23. The van der Waals surface area contributed by atoms with Crippen LogP contribution < -0.4 is 0 Å². The molecule has 0 N–H and O–H groups in total. The summed E-state index contributed by atoms with van der Waals surface area (Å²) in [4.78, 5) is 0. The van der Waals surface area contributed by atoms with Crippen LogP contribution in [-0.2, 0) is 4.74 Å². The zero-order chi connectivity index (χ0) is 9.52. The Balaban J connectivity index is 2.06. The van der Waals surface area contributed by atoms with Gasteiger partial charge >= 0.3 is 0 Å². The van der Waals surface area contributed by atoms with Crippen molar-refractivity contribution in [1.82, 2.24) is 0 Å². The molecule has 13 heavy (non-hydrogen) atoms. The van der Waals surface area contributed by atoms with Crippen molar-refractivity contribution in [2.75, 3.05) is 18.1 Å². The molecule has 0 saturated carbocycles. The highest BCUT2D eigenvalue weighted by Crippen LogP contribution is 2.20. The summed E-state index contributed by atoms with van der Waals surface area (Å²) in [5.41, 5.74) is 0. The van der Waals surface area contributed by atoms with E-state index in [1.807, 2.05) is 0 Å². The molecule has 1 fully saturated rings. The fourth-order valence-electron chi connectivity index (χ4n) is 1.72. The molecule has 2 atom stereocenters. The molecule has 2 unspecified atom stereocenters. The van der Waals surface area contributed by atoms with Gasteiger partial charge in [0.25, 0.3) is 0 Å². The van der Waals surface area contributed by atoms with Crippen molar-refractivity contribution in [3.05, 3.63) is 0 Å². The fraction of sp³-hybridized carbons (Fsp3) is 0.909. The summed E-state index contributed by atoms with van der Waals surface area (Å²) < 4.78 is 5.68. The Bertz CT molecular complexity index is 150. The van der Waals surface area contributed by atoms with E-state index in [-0.39, 0.29) is 0 Å². The van der Waals surface area contributed by atoms with Gasteiger partial charge in [0.05, 0.1) is 6.10 Å². The lowest BCUT2D eigenvalue weighted by molar-refractivity contribution is 0.0150. The van der Waals surface area contributed by atoms with E-state index < -0.39 is 0 Å². The maximum atomic E-state index is 5.68. The summed E-state index contributed by atoms with van der Waals surface area (Å²) in [6, 6.07) is 0. The number of rotatable bonds is 5. The van der Waals surface area contributed by atoms with Crippen LogP contribution in [0.15, 0.2) is 0 Å². The molecular formula is C11H22OS. The van der Waals surface area contributed by atoms with Gasteiger partial charge in [0.2, 0.25) is 0 Å². The fourth-order valence-corrected chi connectivity index (χ4v) is 3.10. The Morgan fingerprint density at radius 2 is 2.23 bits per heavy atom. The molecule has 1 rings (SSSR count). The second-order valence-corrected chi connectivity index (χ2v) is 5.84. The molecule has 0 amide bonds. The lowest BCUT2D eigenvalue weighted by Crippen LogP contribution is -2.19. The Hall–Kier alpha value is 0.180. The summed E-state index contributed by atoms with van der Waals surface area (Å²) in [5.74, 6) is 6.76. The molecule has 1 saturated heterocycles. The van der Waals surface area contributed by atoms with E-state index in [4.69, 9.17) is 4.74 Å². The molecule has 0 aliphatic carbocycles. The molecule has 1 nitrogen and oxygen atoms in total. The first-order valence-electron chi connectivity index (χ1n) is 5.41. The van der Waals surface area contributed by atoms with E-state index in [0.29, 0.717) is 16.6 Å². The van der Waals surface area contributed by atoms with Crippen molar-refractivity contribution in [2.24, 2.45) is 0 Å². The summed E-state index contributed by atoms with van der Waals surface area (Å²) in [7, 11) is 0.398. The third-order valence-electron chi connectivity index (χ3n) is 2.50. The normalized spacial score (nSPS) is 25.8. The molecule has 1 aliphatic rings. The Morgan fingerprint density at radius 1 is 1.38 bits per heavy atom. The van der Waals surface area contributed by atoms with Gasteiger partial charge < -0.3 is 4.74 Å².